The number of benzene rings is 1. The summed E-state index contributed by atoms with van der Waals surface area (Å²) in [6, 6.07) is 9.32. The molecule has 7 heteroatoms. The Balaban J connectivity index is 1.92. The molecule has 5 rings (SSSR count). The molecule has 1 aromatic heterocycles. The van der Waals surface area contributed by atoms with Crippen LogP contribution < -0.4 is 0 Å². The molecule has 2 saturated heterocycles. The molecule has 2 aliphatic heterocycles. The van der Waals surface area contributed by atoms with Gasteiger partial charge in [0.2, 0.25) is 5.91 Å². The summed E-state index contributed by atoms with van der Waals surface area (Å²) in [5.74, 6) is -1.66. The van der Waals surface area contributed by atoms with Crippen molar-refractivity contribution >= 4 is 22.8 Å². The van der Waals surface area contributed by atoms with E-state index in [-0.39, 0.29) is 17.8 Å². The lowest BCUT2D eigenvalue weighted by molar-refractivity contribution is -0.293. The molecule has 3 fully saturated rings. The van der Waals surface area contributed by atoms with Crippen LogP contribution in [0, 0.1) is 5.92 Å². The minimum atomic E-state index is -1.05. The Morgan fingerprint density at radius 2 is 1.93 bits per heavy atom. The van der Waals surface area contributed by atoms with Gasteiger partial charge < -0.3 is 24.1 Å². The summed E-state index contributed by atoms with van der Waals surface area (Å²) in [5, 5.41) is 0.999. The summed E-state index contributed by atoms with van der Waals surface area (Å²) in [7, 11) is 4.59. The Bertz CT molecular complexity index is 930. The number of carbonyl (C=O) groups excluding carboxylic acids is 2. The molecule has 2 aromatic rings. The van der Waals surface area contributed by atoms with Crippen molar-refractivity contribution in [2.24, 2.45) is 5.92 Å². The zero-order valence-electron chi connectivity index (χ0n) is 16.9. The fourth-order valence-electron chi connectivity index (χ4n) is 5.29. The number of esters is 1. The van der Waals surface area contributed by atoms with Crippen molar-refractivity contribution in [1.29, 1.82) is 0 Å². The van der Waals surface area contributed by atoms with Crippen LogP contribution in [-0.4, -0.2) is 61.5 Å². The number of aromatic nitrogens is 1. The predicted molar refractivity (Wildman–Crippen MR) is 107 cm³/mol. The number of nitrogens with one attached hydrogen (secondary N) is 1. The van der Waals surface area contributed by atoms with E-state index in [2.05, 4.69) is 11.6 Å². The third kappa shape index (κ3) is 2.64. The number of carbonyl (C=O) groups is 2. The number of fused-ring (bicyclic) bond motifs is 4. The molecule has 3 aliphatic rings. The first kappa shape index (κ1) is 19.7. The van der Waals surface area contributed by atoms with Crippen LogP contribution >= 0.6 is 0 Å². The lowest BCUT2D eigenvalue weighted by Crippen LogP contribution is -2.73. The number of hydrogen-bond donors (Lipinski definition) is 1. The van der Waals surface area contributed by atoms with Gasteiger partial charge >= 0.3 is 5.97 Å². The maximum absolute atomic E-state index is 13.3. The second-order valence-electron chi connectivity index (χ2n) is 7.77. The molecule has 29 heavy (non-hydrogen) atoms. The number of aromatic amines is 1. The van der Waals surface area contributed by atoms with Gasteiger partial charge in [-0.05, 0) is 30.0 Å². The van der Waals surface area contributed by atoms with E-state index >= 15 is 0 Å². The summed E-state index contributed by atoms with van der Waals surface area (Å²) in [6.45, 7) is 4.07. The quantitative estimate of drug-likeness (QED) is 0.475. The topological polar surface area (TPSA) is 80.9 Å². The molecule has 3 atom stereocenters. The van der Waals surface area contributed by atoms with Crippen molar-refractivity contribution in [2.75, 3.05) is 27.9 Å². The Labute approximate surface area is 169 Å². The molecule has 1 amide bonds. The zero-order chi connectivity index (χ0) is 20.8. The van der Waals surface area contributed by atoms with Gasteiger partial charge in [-0.2, -0.15) is 0 Å². The van der Waals surface area contributed by atoms with Gasteiger partial charge in [-0.3, -0.25) is 9.59 Å². The molecule has 0 spiro atoms. The van der Waals surface area contributed by atoms with Crippen LogP contribution in [0.3, 0.4) is 0 Å². The second kappa shape index (κ2) is 7.00. The maximum Gasteiger partial charge on any atom is 0.319 e. The van der Waals surface area contributed by atoms with Gasteiger partial charge in [-0.25, -0.2) is 0 Å². The van der Waals surface area contributed by atoms with Crippen LogP contribution in [0.2, 0.25) is 0 Å². The van der Waals surface area contributed by atoms with Gasteiger partial charge in [0.25, 0.3) is 0 Å². The minimum absolute atomic E-state index is 0.211. The van der Waals surface area contributed by atoms with Crippen LogP contribution in [0.4, 0.5) is 0 Å². The Hall–Kier alpha value is -2.64. The number of nitrogens with zero attached hydrogens (tertiary/aromatic N) is 1. The van der Waals surface area contributed by atoms with Gasteiger partial charge in [0.05, 0.1) is 13.2 Å². The van der Waals surface area contributed by atoms with E-state index in [0.717, 1.165) is 16.6 Å². The van der Waals surface area contributed by atoms with E-state index < -0.39 is 17.2 Å². The third-order valence-electron chi connectivity index (χ3n) is 6.74. The normalized spacial score (nSPS) is 27.8. The highest BCUT2D eigenvalue weighted by molar-refractivity contribution is 5.92. The zero-order valence-corrected chi connectivity index (χ0v) is 16.9. The van der Waals surface area contributed by atoms with Crippen molar-refractivity contribution in [3.63, 3.8) is 0 Å². The molecule has 0 radical (unpaired) electrons. The smallest absolute Gasteiger partial charge is 0.319 e. The summed E-state index contributed by atoms with van der Waals surface area (Å²) in [6.07, 6.45) is 2.09. The number of amides is 1. The minimum Gasteiger partial charge on any atom is -0.468 e. The third-order valence-corrected chi connectivity index (χ3v) is 6.74. The first-order valence-corrected chi connectivity index (χ1v) is 9.65. The van der Waals surface area contributed by atoms with Gasteiger partial charge in [-0.1, -0.05) is 24.8 Å². The highest BCUT2D eigenvalue weighted by atomic mass is 16.7. The van der Waals surface area contributed by atoms with Crippen LogP contribution in [0.25, 0.3) is 10.9 Å². The molecule has 1 N–H and O–H groups in total. The average molecular weight is 398 g/mol. The van der Waals surface area contributed by atoms with Gasteiger partial charge in [-0.15, -0.1) is 0 Å². The van der Waals surface area contributed by atoms with Crippen LogP contribution in [-0.2, 0) is 29.2 Å². The first-order chi connectivity index (χ1) is 14.0. The van der Waals surface area contributed by atoms with Crippen LogP contribution in [0.1, 0.15) is 18.5 Å². The van der Waals surface area contributed by atoms with Crippen molar-refractivity contribution in [3.05, 3.63) is 48.7 Å². The summed E-state index contributed by atoms with van der Waals surface area (Å²) < 4.78 is 16.8. The fourth-order valence-corrected chi connectivity index (χ4v) is 5.29. The predicted octanol–water partition coefficient (Wildman–Crippen LogP) is 2.37. The monoisotopic (exact) mass is 398 g/mol. The van der Waals surface area contributed by atoms with Crippen molar-refractivity contribution in [2.45, 2.75) is 30.1 Å². The Kier molecular flexibility index (Phi) is 4.75. The van der Waals surface area contributed by atoms with E-state index in [1.165, 1.54) is 13.2 Å². The van der Waals surface area contributed by atoms with E-state index in [1.807, 2.05) is 30.3 Å². The van der Waals surface area contributed by atoms with Crippen molar-refractivity contribution < 1.29 is 23.8 Å². The number of para-hydroxylation sites is 1. The number of rotatable bonds is 5. The average Bonchev–Trinajstić information content (AvgIpc) is 3.22. The fraction of sp³-hybridized carbons (Fsp3) is 0.455. The Morgan fingerprint density at radius 1 is 1.21 bits per heavy atom. The van der Waals surface area contributed by atoms with Gasteiger partial charge in [0.15, 0.2) is 5.79 Å². The molecule has 1 saturated carbocycles. The molecule has 0 unspecified atom stereocenters. The maximum atomic E-state index is 13.3. The number of methoxy groups -OCH3 is 3. The number of hydrogen-bond acceptors (Lipinski definition) is 5. The molecule has 1 aliphatic carbocycles. The molecule has 1 aromatic carbocycles. The number of piperidine rings is 2. The molecule has 2 bridgehead atoms. The SMILES string of the molecule is C=CC(=O)N1C[C@@H]2C[C@](C(=O)OC)(c3cc4ccccc4[nH]3)[C@H]1CC2(OC)OC. The first-order valence-electron chi connectivity index (χ1n) is 9.65. The lowest BCUT2D eigenvalue weighted by atomic mass is 9.58. The summed E-state index contributed by atoms with van der Waals surface area (Å²) in [4.78, 5) is 31.1. The van der Waals surface area contributed by atoms with E-state index in [9.17, 15) is 9.59 Å². The van der Waals surface area contributed by atoms with Crippen LogP contribution in [0.5, 0.6) is 0 Å². The highest BCUT2D eigenvalue weighted by Gasteiger charge is 2.66. The molecular weight excluding hydrogens is 372 g/mol. The van der Waals surface area contributed by atoms with Crippen LogP contribution in [0.15, 0.2) is 43.0 Å². The highest BCUT2D eigenvalue weighted by Crippen LogP contribution is 2.54. The number of ether oxygens (including phenoxy) is 3. The molecule has 3 heterocycles. The summed E-state index contributed by atoms with van der Waals surface area (Å²) in [5.41, 5.74) is 0.622. The molecule has 154 valence electrons. The van der Waals surface area contributed by atoms with Crippen molar-refractivity contribution in [3.8, 4) is 0 Å². The van der Waals surface area contributed by atoms with E-state index in [4.69, 9.17) is 14.2 Å². The van der Waals surface area contributed by atoms with E-state index in [1.54, 1.807) is 19.1 Å². The summed E-state index contributed by atoms with van der Waals surface area (Å²) >= 11 is 0. The molecular formula is C22H26N2O5. The number of H-pyrrole nitrogens is 1. The van der Waals surface area contributed by atoms with Crippen molar-refractivity contribution in [1.82, 2.24) is 9.88 Å². The van der Waals surface area contributed by atoms with Gasteiger partial charge in [0.1, 0.15) is 5.41 Å². The Morgan fingerprint density at radius 3 is 2.52 bits per heavy atom. The molecule has 7 nitrogen and oxygen atoms in total. The largest absolute Gasteiger partial charge is 0.468 e. The van der Waals surface area contributed by atoms with E-state index in [0.29, 0.717) is 19.4 Å². The lowest BCUT2D eigenvalue weighted by Gasteiger charge is -2.60. The standard InChI is InChI=1S/C22H26N2O5/c1-5-19(25)24-13-15-11-21(20(26)27-2,18(24)12-22(15,28-3)29-4)17-10-14-8-6-7-9-16(14)23-17/h5-10,15,18,23H,1,11-13H2,2-4H3/t15-,18+,21-/m0/s1. The van der Waals surface area contributed by atoms with Gasteiger partial charge in [0, 0.05) is 44.3 Å². The second-order valence-corrected chi connectivity index (χ2v) is 7.77.